The molecule has 2 aromatic rings. The summed E-state index contributed by atoms with van der Waals surface area (Å²) in [7, 11) is 0. The second kappa shape index (κ2) is 14.8. The maximum atomic E-state index is 12.0. The largest absolute Gasteiger partial charge is 0.467 e. The van der Waals surface area contributed by atoms with Crippen LogP contribution in [0.3, 0.4) is 0 Å². The van der Waals surface area contributed by atoms with Crippen LogP contribution in [0.2, 0.25) is 0 Å². The Labute approximate surface area is 188 Å². The number of hydrogen-bond donors (Lipinski definition) is 3. The first-order chi connectivity index (χ1) is 13.7. The number of nitrogens with one attached hydrogen (secondary N) is 3. The van der Waals surface area contributed by atoms with Gasteiger partial charge in [0.25, 0.3) is 0 Å². The zero-order valence-electron chi connectivity index (χ0n) is 16.9. The Morgan fingerprint density at radius 1 is 1.24 bits per heavy atom. The van der Waals surface area contributed by atoms with E-state index in [0.29, 0.717) is 44.5 Å². The number of rotatable bonds is 11. The quantitative estimate of drug-likeness (QED) is 0.184. The molecule has 0 radical (unpaired) electrons. The lowest BCUT2D eigenvalue weighted by atomic mass is 10.3. The number of pyridine rings is 1. The van der Waals surface area contributed by atoms with Gasteiger partial charge in [0.15, 0.2) is 5.96 Å². The average Bonchev–Trinajstić information content (AvgIpc) is 3.18. The number of hydrogen-bond acceptors (Lipinski definition) is 5. The minimum Gasteiger partial charge on any atom is -0.467 e. The smallest absolute Gasteiger partial charge is 0.227 e. The number of amides is 1. The molecule has 29 heavy (non-hydrogen) atoms. The summed E-state index contributed by atoms with van der Waals surface area (Å²) in [5, 5.41) is 9.12. The number of anilines is 1. The van der Waals surface area contributed by atoms with E-state index in [4.69, 9.17) is 9.15 Å². The van der Waals surface area contributed by atoms with Gasteiger partial charge >= 0.3 is 0 Å². The van der Waals surface area contributed by atoms with E-state index in [0.717, 1.165) is 24.4 Å². The van der Waals surface area contributed by atoms with Crippen LogP contribution in [0.5, 0.6) is 0 Å². The summed E-state index contributed by atoms with van der Waals surface area (Å²) >= 11 is 0. The lowest BCUT2D eigenvalue weighted by Gasteiger charge is -2.11. The van der Waals surface area contributed by atoms with Crippen LogP contribution in [0.4, 0.5) is 5.82 Å². The number of aliphatic imine (C=N–C) groups is 1. The SMILES string of the molecule is CCNC(=NCCCOCc1ccco1)NCCC(=O)Nc1cccc(C)n1.I. The van der Waals surface area contributed by atoms with Crippen molar-refractivity contribution < 1.29 is 13.9 Å². The van der Waals surface area contributed by atoms with Gasteiger partial charge in [0, 0.05) is 38.4 Å². The van der Waals surface area contributed by atoms with Crippen molar-refractivity contribution >= 4 is 41.7 Å². The molecule has 0 spiro atoms. The molecule has 2 aromatic heterocycles. The van der Waals surface area contributed by atoms with Crippen molar-refractivity contribution in [2.45, 2.75) is 33.3 Å². The third kappa shape index (κ3) is 10.8. The van der Waals surface area contributed by atoms with E-state index in [2.05, 4.69) is 25.9 Å². The molecule has 0 unspecified atom stereocenters. The first kappa shape index (κ1) is 24.9. The molecule has 2 rings (SSSR count). The second-order valence-electron chi connectivity index (χ2n) is 6.14. The van der Waals surface area contributed by atoms with Crippen molar-refractivity contribution in [1.82, 2.24) is 15.6 Å². The van der Waals surface area contributed by atoms with E-state index in [1.54, 1.807) is 12.3 Å². The maximum Gasteiger partial charge on any atom is 0.227 e. The predicted octanol–water partition coefficient (Wildman–Crippen LogP) is 3.09. The summed E-state index contributed by atoms with van der Waals surface area (Å²) < 4.78 is 10.7. The third-order valence-electron chi connectivity index (χ3n) is 3.69. The molecule has 0 aliphatic rings. The highest BCUT2D eigenvalue weighted by molar-refractivity contribution is 14.0. The van der Waals surface area contributed by atoms with Gasteiger partial charge in [-0.05, 0) is 44.5 Å². The van der Waals surface area contributed by atoms with E-state index < -0.39 is 0 Å². The fraction of sp³-hybridized carbons (Fsp3) is 0.450. The van der Waals surface area contributed by atoms with Gasteiger partial charge in [-0.3, -0.25) is 9.79 Å². The number of furan rings is 1. The van der Waals surface area contributed by atoms with Crippen LogP contribution >= 0.6 is 24.0 Å². The molecule has 1 amide bonds. The molecule has 0 bridgehead atoms. The first-order valence-electron chi connectivity index (χ1n) is 9.53. The van der Waals surface area contributed by atoms with Crippen molar-refractivity contribution in [3.05, 3.63) is 48.0 Å². The Hall–Kier alpha value is -2.14. The van der Waals surface area contributed by atoms with Gasteiger partial charge in [-0.1, -0.05) is 6.07 Å². The molecule has 8 nitrogen and oxygen atoms in total. The molecule has 0 saturated carbocycles. The highest BCUT2D eigenvalue weighted by atomic mass is 127. The summed E-state index contributed by atoms with van der Waals surface area (Å²) in [5.74, 6) is 1.99. The second-order valence-corrected chi connectivity index (χ2v) is 6.14. The van der Waals surface area contributed by atoms with E-state index >= 15 is 0 Å². The molecule has 160 valence electrons. The molecule has 2 heterocycles. The van der Waals surface area contributed by atoms with Crippen LogP contribution in [-0.4, -0.2) is 43.1 Å². The third-order valence-corrected chi connectivity index (χ3v) is 3.69. The van der Waals surface area contributed by atoms with Gasteiger partial charge in [-0.15, -0.1) is 24.0 Å². The normalized spacial score (nSPS) is 10.9. The number of ether oxygens (including phenoxy) is 1. The summed E-state index contributed by atoms with van der Waals surface area (Å²) in [4.78, 5) is 20.8. The Balaban J connectivity index is 0.00000420. The first-order valence-corrected chi connectivity index (χ1v) is 9.53. The molecular formula is C20H30IN5O3. The Kier molecular flexibility index (Phi) is 12.7. The van der Waals surface area contributed by atoms with Crippen molar-refractivity contribution in [2.24, 2.45) is 4.99 Å². The molecule has 0 aliphatic heterocycles. The van der Waals surface area contributed by atoms with Crippen molar-refractivity contribution in [1.29, 1.82) is 0 Å². The average molecular weight is 515 g/mol. The van der Waals surface area contributed by atoms with Gasteiger partial charge in [-0.2, -0.15) is 0 Å². The van der Waals surface area contributed by atoms with E-state index in [9.17, 15) is 4.79 Å². The molecule has 0 aromatic carbocycles. The number of carbonyl (C=O) groups is 1. The van der Waals surface area contributed by atoms with Gasteiger partial charge in [0.05, 0.1) is 6.26 Å². The van der Waals surface area contributed by atoms with Gasteiger partial charge in [0.2, 0.25) is 5.91 Å². The molecule has 0 fully saturated rings. The lowest BCUT2D eigenvalue weighted by molar-refractivity contribution is -0.116. The van der Waals surface area contributed by atoms with Crippen LogP contribution in [0.1, 0.15) is 31.2 Å². The number of halogens is 1. The zero-order chi connectivity index (χ0) is 20.0. The summed E-state index contributed by atoms with van der Waals surface area (Å²) in [5.41, 5.74) is 0.866. The molecule has 0 saturated heterocycles. The molecule has 0 aliphatic carbocycles. The fourth-order valence-electron chi connectivity index (χ4n) is 2.38. The standard InChI is InChI=1S/C20H29N5O3.HI/c1-3-21-20(22-11-6-13-27-15-17-8-5-14-28-17)23-12-10-19(26)25-18-9-4-7-16(2)24-18;/h4-5,7-9,14H,3,6,10-13,15H2,1-2H3,(H2,21,22,23)(H,24,25,26);1H. The monoisotopic (exact) mass is 515 g/mol. The number of aromatic nitrogens is 1. The predicted molar refractivity (Wildman–Crippen MR) is 125 cm³/mol. The summed E-state index contributed by atoms with van der Waals surface area (Å²) in [6.07, 6.45) is 2.76. The topological polar surface area (TPSA) is 101 Å². The fourth-order valence-corrected chi connectivity index (χ4v) is 2.38. The van der Waals surface area contributed by atoms with Crippen LogP contribution < -0.4 is 16.0 Å². The van der Waals surface area contributed by atoms with Crippen LogP contribution in [0.25, 0.3) is 0 Å². The highest BCUT2D eigenvalue weighted by Gasteiger charge is 2.04. The van der Waals surface area contributed by atoms with Crippen LogP contribution in [0.15, 0.2) is 46.0 Å². The Morgan fingerprint density at radius 2 is 2.10 bits per heavy atom. The lowest BCUT2D eigenvalue weighted by Crippen LogP contribution is -2.38. The number of aryl methyl sites for hydroxylation is 1. The van der Waals surface area contributed by atoms with Crippen molar-refractivity contribution in [3.63, 3.8) is 0 Å². The van der Waals surface area contributed by atoms with E-state index in [1.165, 1.54) is 0 Å². The van der Waals surface area contributed by atoms with Gasteiger partial charge in [0.1, 0.15) is 18.2 Å². The zero-order valence-corrected chi connectivity index (χ0v) is 19.3. The Morgan fingerprint density at radius 3 is 2.83 bits per heavy atom. The molecular weight excluding hydrogens is 485 g/mol. The summed E-state index contributed by atoms with van der Waals surface area (Å²) in [6.45, 7) is 6.83. The maximum absolute atomic E-state index is 12.0. The van der Waals surface area contributed by atoms with Gasteiger partial charge < -0.3 is 25.1 Å². The molecule has 3 N–H and O–H groups in total. The number of carbonyl (C=O) groups excluding carboxylic acids is 1. The molecule has 9 heteroatoms. The van der Waals surface area contributed by atoms with E-state index in [-0.39, 0.29) is 29.9 Å². The van der Waals surface area contributed by atoms with Crippen molar-refractivity contribution in [3.8, 4) is 0 Å². The van der Waals surface area contributed by atoms with Crippen LogP contribution in [-0.2, 0) is 16.1 Å². The minimum absolute atomic E-state index is 0. The molecule has 0 atom stereocenters. The van der Waals surface area contributed by atoms with Crippen LogP contribution in [0, 0.1) is 6.92 Å². The Bertz CT molecular complexity index is 737. The minimum atomic E-state index is -0.0900. The van der Waals surface area contributed by atoms with Gasteiger partial charge in [-0.25, -0.2) is 4.98 Å². The van der Waals surface area contributed by atoms with Crippen molar-refractivity contribution in [2.75, 3.05) is 31.6 Å². The number of guanidine groups is 1. The van der Waals surface area contributed by atoms with E-state index in [1.807, 2.05) is 38.1 Å². The number of nitrogens with zero attached hydrogens (tertiary/aromatic N) is 2. The highest BCUT2D eigenvalue weighted by Crippen LogP contribution is 2.04. The summed E-state index contributed by atoms with van der Waals surface area (Å²) in [6, 6.07) is 9.26.